The van der Waals surface area contributed by atoms with E-state index in [1.54, 1.807) is 42.5 Å². The molecular formula is C14H11ClN2O3. The Hall–Kier alpha value is -2.40. The summed E-state index contributed by atoms with van der Waals surface area (Å²) in [7, 11) is 0. The topological polar surface area (TPSA) is 79.3 Å². The number of halogens is 1. The Bertz CT molecular complexity index is 658. The number of carboxylic acid groups (broad SMARTS) is 1. The minimum atomic E-state index is -0.926. The van der Waals surface area contributed by atoms with E-state index in [-0.39, 0.29) is 17.3 Å². The smallest absolute Gasteiger partial charge is 0.307 e. The molecule has 0 unspecified atom stereocenters. The number of benzene rings is 1. The SMILES string of the molecule is O=C(O)Cc1cccc(NC(=O)c2cccc(Cl)n2)c1. The van der Waals surface area contributed by atoms with Crippen molar-refractivity contribution in [3.05, 3.63) is 58.9 Å². The number of rotatable bonds is 4. The van der Waals surface area contributed by atoms with E-state index < -0.39 is 11.9 Å². The number of aliphatic carboxylic acids is 1. The standard InChI is InChI=1S/C14H11ClN2O3/c15-12-6-2-5-11(17-12)14(20)16-10-4-1-3-9(7-10)8-13(18)19/h1-7H,8H2,(H,16,20)(H,18,19). The van der Waals surface area contributed by atoms with E-state index in [1.165, 1.54) is 0 Å². The van der Waals surface area contributed by atoms with E-state index in [9.17, 15) is 9.59 Å². The molecule has 2 aromatic rings. The van der Waals surface area contributed by atoms with Crippen molar-refractivity contribution >= 4 is 29.2 Å². The van der Waals surface area contributed by atoms with Crippen LogP contribution in [-0.2, 0) is 11.2 Å². The molecule has 1 aromatic heterocycles. The summed E-state index contributed by atoms with van der Waals surface area (Å²) in [6, 6.07) is 11.4. The van der Waals surface area contributed by atoms with Gasteiger partial charge < -0.3 is 10.4 Å². The lowest BCUT2D eigenvalue weighted by Gasteiger charge is -2.06. The second-order valence-electron chi connectivity index (χ2n) is 4.07. The van der Waals surface area contributed by atoms with Crippen molar-refractivity contribution in [3.8, 4) is 0 Å². The normalized spacial score (nSPS) is 10.1. The summed E-state index contributed by atoms with van der Waals surface area (Å²) in [5.41, 5.74) is 1.31. The number of carboxylic acids is 1. The van der Waals surface area contributed by atoms with E-state index in [2.05, 4.69) is 10.3 Å². The highest BCUT2D eigenvalue weighted by atomic mass is 35.5. The third-order valence-electron chi connectivity index (χ3n) is 2.49. The first-order chi connectivity index (χ1) is 9.54. The van der Waals surface area contributed by atoms with Crippen LogP contribution < -0.4 is 5.32 Å². The van der Waals surface area contributed by atoms with Gasteiger partial charge in [0.25, 0.3) is 5.91 Å². The van der Waals surface area contributed by atoms with Gasteiger partial charge in [-0.25, -0.2) is 4.98 Å². The fourth-order valence-electron chi connectivity index (χ4n) is 1.66. The zero-order valence-electron chi connectivity index (χ0n) is 10.3. The summed E-state index contributed by atoms with van der Waals surface area (Å²) < 4.78 is 0. The molecule has 0 atom stereocenters. The molecule has 1 amide bonds. The molecule has 1 heterocycles. The zero-order valence-corrected chi connectivity index (χ0v) is 11.1. The highest BCUT2D eigenvalue weighted by molar-refractivity contribution is 6.29. The Balaban J connectivity index is 2.13. The molecule has 102 valence electrons. The Morgan fingerprint density at radius 3 is 2.65 bits per heavy atom. The third kappa shape index (κ3) is 3.80. The average molecular weight is 291 g/mol. The van der Waals surface area contributed by atoms with Crippen LogP contribution in [-0.4, -0.2) is 22.0 Å². The number of nitrogens with zero attached hydrogens (tertiary/aromatic N) is 1. The zero-order chi connectivity index (χ0) is 14.5. The minimum Gasteiger partial charge on any atom is -0.481 e. The van der Waals surface area contributed by atoms with E-state index >= 15 is 0 Å². The van der Waals surface area contributed by atoms with Gasteiger partial charge in [0.1, 0.15) is 10.8 Å². The fourth-order valence-corrected chi connectivity index (χ4v) is 1.83. The second kappa shape index (κ2) is 6.16. The maximum Gasteiger partial charge on any atom is 0.307 e. The first kappa shape index (κ1) is 14.0. The molecule has 5 nitrogen and oxygen atoms in total. The van der Waals surface area contributed by atoms with Crippen LogP contribution in [0.2, 0.25) is 5.15 Å². The monoisotopic (exact) mass is 290 g/mol. The fraction of sp³-hybridized carbons (Fsp3) is 0.0714. The van der Waals surface area contributed by atoms with Crippen molar-refractivity contribution in [1.82, 2.24) is 4.98 Å². The second-order valence-corrected chi connectivity index (χ2v) is 4.46. The predicted molar refractivity (Wildman–Crippen MR) is 75.0 cm³/mol. The summed E-state index contributed by atoms with van der Waals surface area (Å²) in [6.45, 7) is 0. The van der Waals surface area contributed by atoms with E-state index in [0.29, 0.717) is 11.3 Å². The van der Waals surface area contributed by atoms with Crippen LogP contribution in [0.5, 0.6) is 0 Å². The van der Waals surface area contributed by atoms with Crippen LogP contribution in [0.15, 0.2) is 42.5 Å². The average Bonchev–Trinajstić information content (AvgIpc) is 2.38. The number of carbonyl (C=O) groups excluding carboxylic acids is 1. The lowest BCUT2D eigenvalue weighted by Crippen LogP contribution is -2.13. The predicted octanol–water partition coefficient (Wildman–Crippen LogP) is 2.61. The molecule has 0 spiro atoms. The third-order valence-corrected chi connectivity index (χ3v) is 2.70. The van der Waals surface area contributed by atoms with Gasteiger partial charge in [-0.1, -0.05) is 29.8 Å². The van der Waals surface area contributed by atoms with Gasteiger partial charge >= 0.3 is 5.97 Å². The van der Waals surface area contributed by atoms with Crippen LogP contribution in [0.3, 0.4) is 0 Å². The lowest BCUT2D eigenvalue weighted by atomic mass is 10.1. The number of hydrogen-bond donors (Lipinski definition) is 2. The Morgan fingerprint density at radius 1 is 1.20 bits per heavy atom. The molecule has 0 fully saturated rings. The van der Waals surface area contributed by atoms with Crippen molar-refractivity contribution in [2.45, 2.75) is 6.42 Å². The quantitative estimate of drug-likeness (QED) is 0.848. The van der Waals surface area contributed by atoms with Crippen molar-refractivity contribution < 1.29 is 14.7 Å². The van der Waals surface area contributed by atoms with Crippen LogP contribution in [0.4, 0.5) is 5.69 Å². The van der Waals surface area contributed by atoms with Gasteiger partial charge in [0.15, 0.2) is 0 Å². The minimum absolute atomic E-state index is 0.0981. The van der Waals surface area contributed by atoms with Crippen LogP contribution >= 0.6 is 11.6 Å². The first-order valence-corrected chi connectivity index (χ1v) is 6.17. The molecule has 0 bridgehead atoms. The Kier molecular flexibility index (Phi) is 4.32. The van der Waals surface area contributed by atoms with E-state index in [4.69, 9.17) is 16.7 Å². The molecule has 0 radical (unpaired) electrons. The maximum absolute atomic E-state index is 12.0. The number of amides is 1. The van der Waals surface area contributed by atoms with Gasteiger partial charge in [0, 0.05) is 5.69 Å². The summed E-state index contributed by atoms with van der Waals surface area (Å²) in [4.78, 5) is 26.5. The van der Waals surface area contributed by atoms with Crippen molar-refractivity contribution in [2.75, 3.05) is 5.32 Å². The number of pyridine rings is 1. The molecule has 0 saturated heterocycles. The molecule has 0 aliphatic rings. The van der Waals surface area contributed by atoms with Crippen molar-refractivity contribution in [3.63, 3.8) is 0 Å². The van der Waals surface area contributed by atoms with Gasteiger partial charge in [0.05, 0.1) is 6.42 Å². The van der Waals surface area contributed by atoms with Crippen LogP contribution in [0.1, 0.15) is 16.1 Å². The maximum atomic E-state index is 12.0. The van der Waals surface area contributed by atoms with Crippen molar-refractivity contribution in [1.29, 1.82) is 0 Å². The van der Waals surface area contributed by atoms with Crippen LogP contribution in [0, 0.1) is 0 Å². The number of anilines is 1. The lowest BCUT2D eigenvalue weighted by molar-refractivity contribution is -0.136. The molecule has 2 N–H and O–H groups in total. The summed E-state index contributed by atoms with van der Waals surface area (Å²) >= 11 is 5.72. The molecule has 2 rings (SSSR count). The number of nitrogens with one attached hydrogen (secondary N) is 1. The van der Waals surface area contributed by atoms with Gasteiger partial charge in [-0.05, 0) is 29.8 Å². The van der Waals surface area contributed by atoms with Crippen molar-refractivity contribution in [2.24, 2.45) is 0 Å². The number of carbonyl (C=O) groups is 2. The van der Waals surface area contributed by atoms with Gasteiger partial charge in [-0.2, -0.15) is 0 Å². The van der Waals surface area contributed by atoms with Gasteiger partial charge in [0.2, 0.25) is 0 Å². The molecule has 20 heavy (non-hydrogen) atoms. The molecule has 0 aliphatic heterocycles. The summed E-state index contributed by atoms with van der Waals surface area (Å²) in [6.07, 6.45) is -0.0981. The highest BCUT2D eigenvalue weighted by Gasteiger charge is 2.09. The molecule has 6 heteroatoms. The molecule has 0 saturated carbocycles. The molecule has 1 aromatic carbocycles. The number of hydrogen-bond acceptors (Lipinski definition) is 3. The molecule has 0 aliphatic carbocycles. The van der Waals surface area contributed by atoms with Gasteiger partial charge in [-0.15, -0.1) is 0 Å². The van der Waals surface area contributed by atoms with Gasteiger partial charge in [-0.3, -0.25) is 9.59 Å². The first-order valence-electron chi connectivity index (χ1n) is 5.79. The molecular weight excluding hydrogens is 280 g/mol. The van der Waals surface area contributed by atoms with E-state index in [0.717, 1.165) is 0 Å². The Labute approximate surface area is 120 Å². The highest BCUT2D eigenvalue weighted by Crippen LogP contribution is 2.13. The van der Waals surface area contributed by atoms with E-state index in [1.807, 2.05) is 0 Å². The summed E-state index contributed by atoms with van der Waals surface area (Å²) in [5, 5.41) is 11.6. The number of aromatic nitrogens is 1. The largest absolute Gasteiger partial charge is 0.481 e. The Morgan fingerprint density at radius 2 is 1.95 bits per heavy atom. The van der Waals surface area contributed by atoms with Crippen LogP contribution in [0.25, 0.3) is 0 Å². The summed E-state index contributed by atoms with van der Waals surface area (Å²) in [5.74, 6) is -1.33.